The van der Waals surface area contributed by atoms with E-state index in [1.807, 2.05) is 0 Å². The third kappa shape index (κ3) is 132. The maximum atomic E-state index is 8.77. The first-order chi connectivity index (χ1) is 6.81. The van der Waals surface area contributed by atoms with Crippen molar-refractivity contribution in [2.75, 3.05) is 13.2 Å². The van der Waals surface area contributed by atoms with Crippen LogP contribution < -0.4 is 19.6 Å². The summed E-state index contributed by atoms with van der Waals surface area (Å²) in [7, 11) is -10.3. The first kappa shape index (κ1) is 32.5. The molecule has 0 aliphatic heterocycles. The number of hydrogen-bond donors (Lipinski definition) is 5. The van der Waals surface area contributed by atoms with E-state index in [1.165, 1.54) is 0 Å². The molecule has 0 fully saturated rings. The van der Waals surface area contributed by atoms with E-state index in [0.29, 0.717) is 0 Å². The third-order valence-electron chi connectivity index (χ3n) is 0.421. The van der Waals surface area contributed by atoms with E-state index < -0.39 is 21.7 Å². The van der Waals surface area contributed by atoms with Crippen LogP contribution in [0, 0.1) is 0 Å². The molecule has 0 saturated carbocycles. The van der Waals surface area contributed by atoms with Crippen molar-refractivity contribution in [1.82, 2.24) is 0 Å². The van der Waals surface area contributed by atoms with Crippen LogP contribution in [0.3, 0.4) is 0 Å². The van der Waals surface area contributed by atoms with Gasteiger partial charge in [-0.3, -0.25) is 4.57 Å². The van der Waals surface area contributed by atoms with Crippen molar-refractivity contribution >= 4 is 91.1 Å². The van der Waals surface area contributed by atoms with Crippen LogP contribution in [-0.2, 0) is 9.13 Å². The first-order valence-corrected chi connectivity index (χ1v) is 6.19. The molecule has 0 aromatic heterocycles. The quantitative estimate of drug-likeness (QED) is 0.228. The van der Waals surface area contributed by atoms with Crippen LogP contribution in [0.4, 0.5) is 0 Å². The van der Waals surface area contributed by atoms with Gasteiger partial charge in [-0.25, -0.2) is 0 Å². The molecular weight excluding hydrogens is 354 g/mol. The van der Waals surface area contributed by atoms with Crippen LogP contribution in [0.5, 0.6) is 0 Å². The molecule has 0 rings (SSSR count). The van der Waals surface area contributed by atoms with Gasteiger partial charge >= 0.3 is 75.5 Å². The van der Waals surface area contributed by atoms with Gasteiger partial charge in [-0.15, -0.1) is 0 Å². The summed E-state index contributed by atoms with van der Waals surface area (Å²) < 4.78 is 17.3. The van der Waals surface area contributed by atoms with Gasteiger partial charge in [0.2, 0.25) is 0 Å². The number of aliphatic hydroxyl groups excluding tert-OH is 3. The maximum Gasteiger partial charge on any atom is 2.00 e. The van der Waals surface area contributed by atoms with Crippen LogP contribution in [0.1, 0.15) is 0 Å². The van der Waals surface area contributed by atoms with Crippen LogP contribution in [0.25, 0.3) is 0 Å². The van der Waals surface area contributed by atoms with E-state index in [4.69, 9.17) is 53.8 Å². The summed E-state index contributed by atoms with van der Waals surface area (Å²) in [5.41, 5.74) is 0. The van der Waals surface area contributed by atoms with E-state index >= 15 is 0 Å². The molecule has 15 heteroatoms. The smallest absolute Gasteiger partial charge is 0.822 e. The monoisotopic (exact) mass is 364 g/mol. The summed E-state index contributed by atoms with van der Waals surface area (Å²) >= 11 is 0. The molecule has 102 valence electrons. The molecule has 0 aliphatic carbocycles. The van der Waals surface area contributed by atoms with Crippen molar-refractivity contribution in [2.24, 2.45) is 0 Å². The Labute approximate surface area is 162 Å². The molecule has 0 unspecified atom stereocenters. The van der Waals surface area contributed by atoms with Crippen molar-refractivity contribution in [2.45, 2.75) is 6.10 Å². The molecule has 0 heterocycles. The van der Waals surface area contributed by atoms with Crippen LogP contribution in [0.15, 0.2) is 0 Å². The zero-order valence-corrected chi connectivity index (χ0v) is 15.2. The molecule has 0 aromatic rings. The summed E-state index contributed by atoms with van der Waals surface area (Å²) in [6.45, 7) is -0.729. The van der Waals surface area contributed by atoms with Gasteiger partial charge < -0.3 is 49.2 Å². The molecule has 0 atom stereocenters. The zero-order valence-electron chi connectivity index (χ0n) is 8.99. The van der Waals surface area contributed by atoms with Gasteiger partial charge in [0.1, 0.15) is 6.10 Å². The Hall–Kier alpha value is 2.62. The number of aliphatic hydroxyl groups is 3. The second kappa shape index (κ2) is 17.7. The standard InChI is InChI=1S/C3H8O3.2Ca.2H3O4P/c4-1-3(6)2-5;;;2*1-5(2,3)4/h3-6H,1-2H2;;;2*(H3,1,2,3,4)/q;2*+2;;/p-4. The van der Waals surface area contributed by atoms with E-state index in [9.17, 15) is 0 Å². The summed E-state index contributed by atoms with van der Waals surface area (Å²) in [5, 5.41) is 24.0. The number of phosphoric acid groups is 2. The Kier molecular flexibility index (Phi) is 31.9. The normalized spacial score (nSPS) is 9.89. The van der Waals surface area contributed by atoms with Gasteiger partial charge in [-0.2, -0.15) is 7.82 Å². The average Bonchev–Trinajstić information content (AvgIpc) is 1.96. The Bertz CT molecular complexity index is 196. The molecule has 0 aromatic carbocycles. The van der Waals surface area contributed by atoms with Gasteiger partial charge in [0.05, 0.1) is 13.2 Å². The summed E-state index contributed by atoms with van der Waals surface area (Å²) in [5.74, 6) is 0. The minimum Gasteiger partial charge on any atom is -0.822 e. The van der Waals surface area contributed by atoms with E-state index in [1.54, 1.807) is 0 Å². The minimum atomic E-state index is -5.39. The topological polar surface area (TPSA) is 228 Å². The SMILES string of the molecule is O=P([O-])(O)O.O=P([O-])([O-])[O-].OCC(O)CO.[Ca+2].[Ca+2]. The van der Waals surface area contributed by atoms with Crippen LogP contribution in [0.2, 0.25) is 0 Å². The minimum absolute atomic E-state index is 0. The summed E-state index contributed by atoms with van der Waals surface area (Å²) in [6.07, 6.45) is -0.954. The Morgan fingerprint density at radius 3 is 1.00 bits per heavy atom. The van der Waals surface area contributed by atoms with Crippen molar-refractivity contribution in [3.05, 3.63) is 0 Å². The van der Waals surface area contributed by atoms with Crippen molar-refractivity contribution in [3.63, 3.8) is 0 Å². The van der Waals surface area contributed by atoms with Crippen molar-refractivity contribution < 1.29 is 53.8 Å². The molecule has 0 amide bonds. The van der Waals surface area contributed by atoms with Crippen LogP contribution >= 0.6 is 15.6 Å². The van der Waals surface area contributed by atoms with Gasteiger partial charge in [0.25, 0.3) is 7.82 Å². The molecule has 11 nitrogen and oxygen atoms in total. The second-order valence-electron chi connectivity index (χ2n) is 1.96. The Balaban J connectivity index is -0.0000000447. The molecular formula is C3H10Ca2O11P2. The first-order valence-electron chi connectivity index (χ1n) is 3.20. The fraction of sp³-hybridized carbons (Fsp3) is 1.00. The zero-order chi connectivity index (χ0) is 14.0. The fourth-order valence-electron chi connectivity index (χ4n) is 0.0577. The maximum absolute atomic E-state index is 8.77. The predicted octanol–water partition coefficient (Wildman–Crippen LogP) is -6.81. The van der Waals surface area contributed by atoms with Crippen LogP contribution in [-0.4, -0.2) is 120 Å². The Morgan fingerprint density at radius 1 is 0.889 bits per heavy atom. The van der Waals surface area contributed by atoms with E-state index in [2.05, 4.69) is 0 Å². The second-order valence-corrected chi connectivity index (χ2v) is 3.83. The van der Waals surface area contributed by atoms with E-state index in [-0.39, 0.29) is 88.7 Å². The van der Waals surface area contributed by atoms with Crippen molar-refractivity contribution in [1.29, 1.82) is 0 Å². The summed E-state index contributed by atoms with van der Waals surface area (Å²) in [4.78, 5) is 48.6. The molecule has 5 N–H and O–H groups in total. The van der Waals surface area contributed by atoms with Gasteiger partial charge in [0, 0.05) is 0 Å². The molecule has 0 bridgehead atoms. The largest absolute Gasteiger partial charge is 2.00 e. The fourth-order valence-corrected chi connectivity index (χ4v) is 0.0577. The number of rotatable bonds is 2. The molecule has 0 saturated heterocycles. The number of hydrogen-bond acceptors (Lipinski definition) is 9. The summed E-state index contributed by atoms with van der Waals surface area (Å²) in [6, 6.07) is 0. The molecule has 0 aliphatic rings. The Morgan fingerprint density at radius 2 is 1.00 bits per heavy atom. The predicted molar refractivity (Wildman–Crippen MR) is 51.3 cm³/mol. The molecule has 18 heavy (non-hydrogen) atoms. The molecule has 0 spiro atoms. The third-order valence-corrected chi connectivity index (χ3v) is 0.421. The van der Waals surface area contributed by atoms with Gasteiger partial charge in [0.15, 0.2) is 0 Å². The van der Waals surface area contributed by atoms with Gasteiger partial charge in [-0.1, -0.05) is 0 Å². The van der Waals surface area contributed by atoms with Gasteiger partial charge in [-0.05, 0) is 0 Å². The molecule has 0 radical (unpaired) electrons. The van der Waals surface area contributed by atoms with Crippen molar-refractivity contribution in [3.8, 4) is 0 Å². The average molecular weight is 364 g/mol. The van der Waals surface area contributed by atoms with E-state index in [0.717, 1.165) is 0 Å².